The number of thiophene rings is 1. The van der Waals surface area contributed by atoms with Crippen LogP contribution in [-0.2, 0) is 24.1 Å². The van der Waals surface area contributed by atoms with E-state index in [4.69, 9.17) is 5.11 Å². The van der Waals surface area contributed by atoms with Crippen LogP contribution in [0.4, 0.5) is 0 Å². The number of aryl methyl sites for hydroxylation is 4. The van der Waals surface area contributed by atoms with Crippen LogP contribution in [0.15, 0.2) is 12.1 Å². The van der Waals surface area contributed by atoms with Crippen LogP contribution in [0.3, 0.4) is 0 Å². The molecule has 0 unspecified atom stereocenters. The summed E-state index contributed by atoms with van der Waals surface area (Å²) in [5, 5.41) is 8.94. The van der Waals surface area contributed by atoms with Crippen LogP contribution in [-0.4, -0.2) is 16.9 Å². The van der Waals surface area contributed by atoms with E-state index < -0.39 is 5.97 Å². The number of ketones is 1. The molecular formula is C25H30O3S. The highest BCUT2D eigenvalue weighted by molar-refractivity contribution is 7.14. The first-order chi connectivity index (χ1) is 13.6. The topological polar surface area (TPSA) is 54.4 Å². The van der Waals surface area contributed by atoms with Crippen molar-refractivity contribution >= 4 is 23.1 Å². The highest BCUT2D eigenvalue weighted by Crippen LogP contribution is 2.71. The molecule has 2 aromatic rings. The molecule has 0 spiro atoms. The lowest BCUT2D eigenvalue weighted by atomic mass is 9.92. The highest BCUT2D eigenvalue weighted by atomic mass is 32.1. The summed E-state index contributed by atoms with van der Waals surface area (Å²) in [5.74, 6) is 0.913. The summed E-state index contributed by atoms with van der Waals surface area (Å²) in [7, 11) is 0. The van der Waals surface area contributed by atoms with Gasteiger partial charge in [0.2, 0.25) is 0 Å². The maximum Gasteiger partial charge on any atom is 0.303 e. The van der Waals surface area contributed by atoms with E-state index in [-0.39, 0.29) is 12.2 Å². The van der Waals surface area contributed by atoms with Crippen LogP contribution in [0.1, 0.15) is 80.5 Å². The third kappa shape index (κ3) is 3.46. The molecule has 1 aromatic heterocycles. The Morgan fingerprint density at radius 2 is 1.76 bits per heavy atom. The Kier molecular flexibility index (Phi) is 4.97. The maximum absolute atomic E-state index is 13.0. The Morgan fingerprint density at radius 1 is 1.10 bits per heavy atom. The van der Waals surface area contributed by atoms with Crippen LogP contribution in [0, 0.1) is 32.1 Å². The van der Waals surface area contributed by atoms with E-state index in [1.54, 1.807) is 11.3 Å². The molecule has 4 rings (SSSR count). The first kappa shape index (κ1) is 20.3. The lowest BCUT2D eigenvalue weighted by molar-refractivity contribution is -0.136. The standard InChI is InChI=1S/C25H30O3S/c1-13-10-16(11-14(2)17(13)7-9-21(27)28)6-8-20(26)24-18-12-19-23(25(19,4)5)22(18)15(3)29-24/h10-11,19,23H,6-9,12H2,1-5H3,(H,27,28)/t19-,23-/m1/s1. The molecule has 3 nitrogen and oxygen atoms in total. The molecule has 0 radical (unpaired) electrons. The summed E-state index contributed by atoms with van der Waals surface area (Å²) in [6.45, 7) is 11.0. The number of hydrogen-bond acceptors (Lipinski definition) is 3. The minimum absolute atomic E-state index is 0.154. The van der Waals surface area contributed by atoms with Crippen molar-refractivity contribution < 1.29 is 14.7 Å². The van der Waals surface area contributed by atoms with Crippen LogP contribution in [0.2, 0.25) is 0 Å². The number of benzene rings is 1. The molecular weight excluding hydrogens is 380 g/mol. The zero-order valence-corrected chi connectivity index (χ0v) is 18.8. The minimum Gasteiger partial charge on any atom is -0.481 e. The summed E-state index contributed by atoms with van der Waals surface area (Å²) >= 11 is 1.70. The second-order valence-electron chi connectivity index (χ2n) is 9.51. The molecule has 0 aliphatic heterocycles. The van der Waals surface area contributed by atoms with Gasteiger partial charge in [-0.3, -0.25) is 9.59 Å². The summed E-state index contributed by atoms with van der Waals surface area (Å²) in [6.07, 6.45) is 3.07. The van der Waals surface area contributed by atoms with E-state index in [1.165, 1.54) is 21.6 Å². The molecule has 1 heterocycles. The van der Waals surface area contributed by atoms with E-state index in [2.05, 4.69) is 32.9 Å². The van der Waals surface area contributed by atoms with Gasteiger partial charge in [-0.2, -0.15) is 0 Å². The van der Waals surface area contributed by atoms with Crippen LogP contribution in [0.25, 0.3) is 0 Å². The Morgan fingerprint density at radius 3 is 2.38 bits per heavy atom. The van der Waals surface area contributed by atoms with E-state index >= 15 is 0 Å². The molecule has 1 fully saturated rings. The van der Waals surface area contributed by atoms with E-state index in [9.17, 15) is 9.59 Å². The van der Waals surface area contributed by atoms with Crippen molar-refractivity contribution in [2.24, 2.45) is 11.3 Å². The fourth-order valence-corrected chi connectivity index (χ4v) is 6.78. The van der Waals surface area contributed by atoms with E-state index in [1.807, 2.05) is 13.8 Å². The second-order valence-corrected chi connectivity index (χ2v) is 10.7. The third-order valence-electron chi connectivity index (χ3n) is 7.26. The van der Waals surface area contributed by atoms with E-state index in [0.717, 1.165) is 40.3 Å². The predicted molar refractivity (Wildman–Crippen MR) is 117 cm³/mol. The molecule has 2 atom stereocenters. The normalized spacial score (nSPS) is 21.0. The summed E-state index contributed by atoms with van der Waals surface area (Å²) in [6, 6.07) is 4.25. The smallest absolute Gasteiger partial charge is 0.303 e. The van der Waals surface area contributed by atoms with Gasteiger partial charge in [0.05, 0.1) is 4.88 Å². The van der Waals surface area contributed by atoms with Gasteiger partial charge < -0.3 is 5.11 Å². The average molecular weight is 411 g/mol. The van der Waals surface area contributed by atoms with Crippen LogP contribution >= 0.6 is 11.3 Å². The highest BCUT2D eigenvalue weighted by Gasteiger charge is 2.63. The largest absolute Gasteiger partial charge is 0.481 e. The molecule has 4 heteroatoms. The zero-order valence-electron chi connectivity index (χ0n) is 18.0. The van der Waals surface area contributed by atoms with Crippen molar-refractivity contribution in [2.75, 3.05) is 0 Å². The molecule has 2 aliphatic carbocycles. The number of rotatable bonds is 7. The fourth-order valence-electron chi connectivity index (χ4n) is 5.58. The van der Waals surface area contributed by atoms with Crippen molar-refractivity contribution in [3.8, 4) is 0 Å². The Balaban J connectivity index is 1.46. The lowest BCUT2D eigenvalue weighted by Crippen LogP contribution is -2.06. The number of carbonyl (C=O) groups is 2. The lowest BCUT2D eigenvalue weighted by Gasteiger charge is -2.12. The number of fused-ring (bicyclic) bond motifs is 3. The van der Waals surface area contributed by atoms with Gasteiger partial charge in [-0.05, 0) is 90.7 Å². The number of hydrogen-bond donors (Lipinski definition) is 1. The van der Waals surface area contributed by atoms with Crippen molar-refractivity contribution in [2.45, 2.75) is 72.6 Å². The number of carboxylic acids is 1. The van der Waals surface area contributed by atoms with Gasteiger partial charge in [-0.15, -0.1) is 11.3 Å². The number of aliphatic carboxylic acids is 1. The third-order valence-corrected chi connectivity index (χ3v) is 8.46. The van der Waals surface area contributed by atoms with Gasteiger partial charge in [0.25, 0.3) is 0 Å². The monoisotopic (exact) mass is 410 g/mol. The predicted octanol–water partition coefficient (Wildman–Crippen LogP) is 5.80. The van der Waals surface area contributed by atoms with Gasteiger partial charge in [0, 0.05) is 17.7 Å². The van der Waals surface area contributed by atoms with Crippen molar-refractivity contribution in [3.63, 3.8) is 0 Å². The first-order valence-electron chi connectivity index (χ1n) is 10.6. The van der Waals surface area contributed by atoms with E-state index in [0.29, 0.717) is 24.2 Å². The Labute approximate surface area is 177 Å². The number of carboxylic acid groups (broad SMARTS) is 1. The van der Waals surface area contributed by atoms with Gasteiger partial charge in [0.1, 0.15) is 0 Å². The van der Waals surface area contributed by atoms with Crippen molar-refractivity contribution in [1.82, 2.24) is 0 Å². The molecule has 1 saturated carbocycles. The number of Topliss-reactive ketones (excluding diaryl/α,β-unsaturated/α-hetero) is 1. The molecule has 1 aromatic carbocycles. The second kappa shape index (κ2) is 7.09. The van der Waals surface area contributed by atoms with Crippen LogP contribution < -0.4 is 0 Å². The van der Waals surface area contributed by atoms with Crippen molar-refractivity contribution in [1.29, 1.82) is 0 Å². The Hall–Kier alpha value is -1.94. The zero-order chi connectivity index (χ0) is 21.1. The molecule has 154 valence electrons. The van der Waals surface area contributed by atoms with Gasteiger partial charge in [-0.1, -0.05) is 26.0 Å². The molecule has 2 aliphatic rings. The van der Waals surface area contributed by atoms with Gasteiger partial charge in [-0.25, -0.2) is 0 Å². The quantitative estimate of drug-likeness (QED) is 0.587. The molecule has 0 bridgehead atoms. The molecule has 29 heavy (non-hydrogen) atoms. The van der Waals surface area contributed by atoms with Gasteiger partial charge >= 0.3 is 5.97 Å². The molecule has 0 saturated heterocycles. The minimum atomic E-state index is -0.765. The van der Waals surface area contributed by atoms with Gasteiger partial charge in [0.15, 0.2) is 5.78 Å². The van der Waals surface area contributed by atoms with Crippen LogP contribution in [0.5, 0.6) is 0 Å². The Bertz CT molecular complexity index is 988. The molecule has 1 N–H and O–H groups in total. The average Bonchev–Trinajstić information content (AvgIpc) is 2.97. The summed E-state index contributed by atoms with van der Waals surface area (Å²) in [4.78, 5) is 26.3. The number of carbonyl (C=O) groups excluding carboxylic acids is 1. The maximum atomic E-state index is 13.0. The van der Waals surface area contributed by atoms with Crippen molar-refractivity contribution in [3.05, 3.63) is 55.3 Å². The summed E-state index contributed by atoms with van der Waals surface area (Å²) in [5.41, 5.74) is 7.80. The summed E-state index contributed by atoms with van der Waals surface area (Å²) < 4.78 is 0. The first-order valence-corrected chi connectivity index (χ1v) is 11.4. The SMILES string of the molecule is Cc1cc(CCC(=O)c2sc(C)c3c2C[C@@H]2[C@H]3C2(C)C)cc(C)c1CCC(=O)O. The fraction of sp³-hybridized carbons (Fsp3) is 0.520. The molecule has 0 amide bonds.